The van der Waals surface area contributed by atoms with Crippen molar-refractivity contribution in [3.05, 3.63) is 30.0 Å². The molecule has 102 valence electrons. The van der Waals surface area contributed by atoms with E-state index in [0.717, 1.165) is 17.3 Å². The lowest BCUT2D eigenvalue weighted by atomic mass is 10.1. The molecule has 2 rings (SSSR count). The first kappa shape index (κ1) is 13.4. The summed E-state index contributed by atoms with van der Waals surface area (Å²) in [5, 5.41) is 3.84. The van der Waals surface area contributed by atoms with Gasteiger partial charge in [0.2, 0.25) is 0 Å². The predicted molar refractivity (Wildman–Crippen MR) is 76.1 cm³/mol. The van der Waals surface area contributed by atoms with Gasteiger partial charge in [0, 0.05) is 29.9 Å². The van der Waals surface area contributed by atoms with Crippen LogP contribution in [0.1, 0.15) is 23.7 Å². The van der Waals surface area contributed by atoms with Crippen LogP contribution in [0, 0.1) is 0 Å². The molecule has 0 saturated heterocycles. The highest BCUT2D eigenvalue weighted by atomic mass is 16.5. The van der Waals surface area contributed by atoms with Crippen molar-refractivity contribution < 1.29 is 9.53 Å². The van der Waals surface area contributed by atoms with Crippen LogP contribution in [0.15, 0.2) is 24.4 Å². The van der Waals surface area contributed by atoms with Gasteiger partial charge >= 0.3 is 0 Å². The van der Waals surface area contributed by atoms with Gasteiger partial charge in [-0.3, -0.25) is 4.79 Å². The molecule has 0 aliphatic rings. The Bertz CT molecular complexity index is 577. The minimum atomic E-state index is -0.0973. The minimum absolute atomic E-state index is 0.0243. The number of aromatic amines is 1. The topological polar surface area (TPSA) is 80.1 Å². The second-order valence-corrected chi connectivity index (χ2v) is 4.54. The first-order chi connectivity index (χ1) is 9.15. The maximum atomic E-state index is 12.2. The fourth-order valence-electron chi connectivity index (χ4n) is 2.06. The van der Waals surface area contributed by atoms with Crippen LogP contribution >= 0.6 is 0 Å². The van der Waals surface area contributed by atoms with Gasteiger partial charge in [-0.15, -0.1) is 0 Å². The summed E-state index contributed by atoms with van der Waals surface area (Å²) in [5.74, 6) is -0.0973. The molecular weight excluding hydrogens is 242 g/mol. The Morgan fingerprint density at radius 2 is 2.32 bits per heavy atom. The summed E-state index contributed by atoms with van der Waals surface area (Å²) in [6, 6.07) is 5.49. The number of carbonyl (C=O) groups is 1. The number of hydrogen-bond acceptors (Lipinski definition) is 3. The van der Waals surface area contributed by atoms with Crippen LogP contribution < -0.4 is 11.1 Å². The Morgan fingerprint density at radius 3 is 3.00 bits per heavy atom. The molecule has 1 unspecified atom stereocenters. The van der Waals surface area contributed by atoms with Crippen LogP contribution in [-0.2, 0) is 4.74 Å². The highest BCUT2D eigenvalue weighted by molar-refractivity contribution is 6.07. The van der Waals surface area contributed by atoms with Gasteiger partial charge in [-0.2, -0.15) is 0 Å². The van der Waals surface area contributed by atoms with E-state index in [-0.39, 0.29) is 11.9 Å². The van der Waals surface area contributed by atoms with Gasteiger partial charge in [-0.25, -0.2) is 0 Å². The Balaban J connectivity index is 2.21. The number of H-pyrrole nitrogens is 1. The summed E-state index contributed by atoms with van der Waals surface area (Å²) >= 11 is 0. The lowest BCUT2D eigenvalue weighted by Gasteiger charge is -2.15. The number of benzene rings is 1. The quantitative estimate of drug-likeness (QED) is 0.719. The largest absolute Gasteiger partial charge is 0.399 e. The number of rotatable bonds is 5. The zero-order valence-corrected chi connectivity index (χ0v) is 11.2. The summed E-state index contributed by atoms with van der Waals surface area (Å²) in [7, 11) is 1.63. The molecule has 5 nitrogen and oxygen atoms in total. The fraction of sp³-hybridized carbons (Fsp3) is 0.357. The Kier molecular flexibility index (Phi) is 4.06. The van der Waals surface area contributed by atoms with E-state index in [4.69, 9.17) is 10.5 Å². The SMILES string of the molecule is CCC(COC)NC(=O)c1c[nH]c2cc(N)ccc12. The standard InChI is InChI=1S/C14H19N3O2/c1-3-10(8-19-2)17-14(18)12-7-16-13-6-9(15)4-5-11(12)13/h4-7,10,16H,3,8,15H2,1-2H3,(H,17,18). The van der Waals surface area contributed by atoms with Crippen molar-refractivity contribution in [3.8, 4) is 0 Å². The number of nitrogens with one attached hydrogen (secondary N) is 2. The van der Waals surface area contributed by atoms with Crippen molar-refractivity contribution in [1.82, 2.24) is 10.3 Å². The Morgan fingerprint density at radius 1 is 1.53 bits per heavy atom. The number of aromatic nitrogens is 1. The summed E-state index contributed by atoms with van der Waals surface area (Å²) in [6.45, 7) is 2.53. The lowest BCUT2D eigenvalue weighted by molar-refractivity contribution is 0.0896. The molecule has 1 atom stereocenters. The molecule has 0 aliphatic carbocycles. The van der Waals surface area contributed by atoms with Crippen LogP contribution in [0.25, 0.3) is 10.9 Å². The van der Waals surface area contributed by atoms with E-state index in [1.807, 2.05) is 19.1 Å². The number of fused-ring (bicyclic) bond motifs is 1. The summed E-state index contributed by atoms with van der Waals surface area (Å²) < 4.78 is 5.08. The van der Waals surface area contributed by atoms with Gasteiger partial charge in [-0.1, -0.05) is 6.92 Å². The average Bonchev–Trinajstić information content (AvgIpc) is 2.80. The van der Waals surface area contributed by atoms with Gasteiger partial charge in [0.25, 0.3) is 5.91 Å². The number of nitrogens with two attached hydrogens (primary N) is 1. The molecule has 5 heteroatoms. The molecule has 4 N–H and O–H groups in total. The number of hydrogen-bond donors (Lipinski definition) is 3. The van der Waals surface area contributed by atoms with Crippen LogP contribution in [0.3, 0.4) is 0 Å². The van der Waals surface area contributed by atoms with Crippen molar-refractivity contribution in [3.63, 3.8) is 0 Å². The third-order valence-electron chi connectivity index (χ3n) is 3.15. The first-order valence-corrected chi connectivity index (χ1v) is 6.32. The summed E-state index contributed by atoms with van der Waals surface area (Å²) in [4.78, 5) is 15.3. The van der Waals surface area contributed by atoms with E-state index in [2.05, 4.69) is 10.3 Å². The molecule has 0 bridgehead atoms. The van der Waals surface area contributed by atoms with Gasteiger partial charge in [0.1, 0.15) is 0 Å². The van der Waals surface area contributed by atoms with Crippen molar-refractivity contribution in [1.29, 1.82) is 0 Å². The maximum Gasteiger partial charge on any atom is 0.253 e. The lowest BCUT2D eigenvalue weighted by Crippen LogP contribution is -2.37. The Hall–Kier alpha value is -2.01. The molecule has 0 aliphatic heterocycles. The monoisotopic (exact) mass is 261 g/mol. The van der Waals surface area contributed by atoms with Crippen molar-refractivity contribution in [2.24, 2.45) is 0 Å². The van der Waals surface area contributed by atoms with Crippen molar-refractivity contribution >= 4 is 22.5 Å². The molecule has 2 aromatic rings. The third-order valence-corrected chi connectivity index (χ3v) is 3.15. The highest BCUT2D eigenvalue weighted by Gasteiger charge is 2.15. The molecule has 0 saturated carbocycles. The maximum absolute atomic E-state index is 12.2. The van der Waals surface area contributed by atoms with Gasteiger partial charge in [0.05, 0.1) is 18.2 Å². The zero-order chi connectivity index (χ0) is 13.8. The molecule has 1 amide bonds. The second-order valence-electron chi connectivity index (χ2n) is 4.54. The number of anilines is 1. The summed E-state index contributed by atoms with van der Waals surface area (Å²) in [6.07, 6.45) is 2.54. The molecule has 1 heterocycles. The first-order valence-electron chi connectivity index (χ1n) is 6.32. The van der Waals surface area contributed by atoms with Gasteiger partial charge in [0.15, 0.2) is 0 Å². The smallest absolute Gasteiger partial charge is 0.253 e. The second kappa shape index (κ2) is 5.75. The van der Waals surface area contributed by atoms with E-state index in [9.17, 15) is 4.79 Å². The molecule has 0 radical (unpaired) electrons. The minimum Gasteiger partial charge on any atom is -0.399 e. The van der Waals surface area contributed by atoms with E-state index < -0.39 is 0 Å². The van der Waals surface area contributed by atoms with E-state index in [0.29, 0.717) is 17.9 Å². The normalized spacial score (nSPS) is 12.5. The molecule has 19 heavy (non-hydrogen) atoms. The number of amides is 1. The summed E-state index contributed by atoms with van der Waals surface area (Å²) in [5.41, 5.74) is 7.88. The van der Waals surface area contributed by atoms with Crippen LogP contribution in [-0.4, -0.2) is 30.6 Å². The third kappa shape index (κ3) is 2.88. The van der Waals surface area contributed by atoms with E-state index in [1.54, 1.807) is 19.4 Å². The van der Waals surface area contributed by atoms with E-state index in [1.165, 1.54) is 0 Å². The fourth-order valence-corrected chi connectivity index (χ4v) is 2.06. The highest BCUT2D eigenvalue weighted by Crippen LogP contribution is 2.20. The van der Waals surface area contributed by atoms with Crippen LogP contribution in [0.2, 0.25) is 0 Å². The predicted octanol–water partition coefficient (Wildman–Crippen LogP) is 1.90. The Labute approximate surface area is 112 Å². The molecular formula is C14H19N3O2. The molecule has 0 fully saturated rings. The van der Waals surface area contributed by atoms with E-state index >= 15 is 0 Å². The number of methoxy groups -OCH3 is 1. The number of carbonyl (C=O) groups excluding carboxylic acids is 1. The number of nitrogen functional groups attached to an aromatic ring is 1. The molecule has 1 aromatic heterocycles. The van der Waals surface area contributed by atoms with Crippen LogP contribution in [0.5, 0.6) is 0 Å². The average molecular weight is 261 g/mol. The zero-order valence-electron chi connectivity index (χ0n) is 11.2. The molecule has 1 aromatic carbocycles. The molecule has 0 spiro atoms. The van der Waals surface area contributed by atoms with Gasteiger partial charge < -0.3 is 20.8 Å². The van der Waals surface area contributed by atoms with Crippen molar-refractivity contribution in [2.45, 2.75) is 19.4 Å². The van der Waals surface area contributed by atoms with Crippen molar-refractivity contribution in [2.75, 3.05) is 19.5 Å². The van der Waals surface area contributed by atoms with Crippen LogP contribution in [0.4, 0.5) is 5.69 Å². The number of ether oxygens (including phenoxy) is 1. The van der Waals surface area contributed by atoms with Gasteiger partial charge in [-0.05, 0) is 24.6 Å².